The highest BCUT2D eigenvalue weighted by molar-refractivity contribution is 7.99. The molecule has 6 nitrogen and oxygen atoms in total. The fourth-order valence-electron chi connectivity index (χ4n) is 3.44. The molecule has 1 atom stereocenters. The number of fused-ring (bicyclic) bond motifs is 2. The van der Waals surface area contributed by atoms with Gasteiger partial charge in [-0.1, -0.05) is 30.0 Å². The number of hydroxylamine groups is 1. The van der Waals surface area contributed by atoms with E-state index in [2.05, 4.69) is 45.3 Å². The van der Waals surface area contributed by atoms with Crippen LogP contribution in [-0.2, 0) is 4.84 Å². The second kappa shape index (κ2) is 8.31. The van der Waals surface area contributed by atoms with E-state index in [-0.39, 0.29) is 12.1 Å². The number of nitrogens with one attached hydrogen (secondary N) is 3. The van der Waals surface area contributed by atoms with Gasteiger partial charge in [0, 0.05) is 47.1 Å². The number of nitrogens with zero attached hydrogens (tertiary/aromatic N) is 1. The maximum Gasteiger partial charge on any atom is 0.274 e. The van der Waals surface area contributed by atoms with Crippen LogP contribution in [0.25, 0.3) is 0 Å². The van der Waals surface area contributed by atoms with Gasteiger partial charge in [0.2, 0.25) is 0 Å². The van der Waals surface area contributed by atoms with Gasteiger partial charge >= 0.3 is 0 Å². The summed E-state index contributed by atoms with van der Waals surface area (Å²) >= 11 is 1.74. The summed E-state index contributed by atoms with van der Waals surface area (Å²) < 4.78 is 0. The molecule has 1 saturated heterocycles. The second-order valence-electron chi connectivity index (χ2n) is 6.55. The van der Waals surface area contributed by atoms with Crippen molar-refractivity contribution >= 4 is 23.4 Å². The Labute approximate surface area is 163 Å². The molecule has 2 aromatic carbocycles. The lowest BCUT2D eigenvalue weighted by Gasteiger charge is -2.36. The Hall–Kier alpha value is -2.06. The Morgan fingerprint density at radius 2 is 2.04 bits per heavy atom. The van der Waals surface area contributed by atoms with Gasteiger partial charge in [0.05, 0.1) is 12.3 Å². The van der Waals surface area contributed by atoms with Crippen LogP contribution in [0.15, 0.2) is 52.3 Å². The number of carbonyl (C=O) groups is 1. The standard InChI is InChI=1S/C20H24N4O2S/c1-2-26-23-20(25)14-7-8-18-16(13-14)22-19(24-11-9-21-10-12-24)15-5-3-4-6-17(15)27-18/h3-8,13,19,21-22H,2,9-12H2,1H3,(H,23,25). The van der Waals surface area contributed by atoms with Gasteiger partial charge in [-0.25, -0.2) is 5.48 Å². The number of anilines is 1. The van der Waals surface area contributed by atoms with Crippen molar-refractivity contribution in [3.63, 3.8) is 0 Å². The van der Waals surface area contributed by atoms with E-state index in [4.69, 9.17) is 4.84 Å². The third-order valence-electron chi connectivity index (χ3n) is 4.79. The van der Waals surface area contributed by atoms with Gasteiger partial charge in [0.1, 0.15) is 6.17 Å². The quantitative estimate of drug-likeness (QED) is 0.705. The van der Waals surface area contributed by atoms with Crippen molar-refractivity contribution in [2.75, 3.05) is 38.1 Å². The van der Waals surface area contributed by atoms with E-state index in [0.29, 0.717) is 12.2 Å². The van der Waals surface area contributed by atoms with E-state index in [9.17, 15) is 4.79 Å². The van der Waals surface area contributed by atoms with Gasteiger partial charge in [0.25, 0.3) is 5.91 Å². The minimum atomic E-state index is -0.230. The first-order valence-corrected chi connectivity index (χ1v) is 10.1. The van der Waals surface area contributed by atoms with E-state index in [1.165, 1.54) is 10.5 Å². The third-order valence-corrected chi connectivity index (χ3v) is 5.96. The molecule has 0 aliphatic carbocycles. The molecule has 27 heavy (non-hydrogen) atoms. The highest BCUT2D eigenvalue weighted by Crippen LogP contribution is 2.43. The van der Waals surface area contributed by atoms with Gasteiger partial charge in [-0.05, 0) is 31.2 Å². The summed E-state index contributed by atoms with van der Waals surface area (Å²) in [5.74, 6) is -0.230. The molecule has 0 radical (unpaired) electrons. The van der Waals surface area contributed by atoms with Crippen molar-refractivity contribution < 1.29 is 9.63 Å². The van der Waals surface area contributed by atoms with Gasteiger partial charge in [-0.3, -0.25) is 14.5 Å². The average Bonchev–Trinajstić information content (AvgIpc) is 2.88. The SMILES string of the molecule is CCONC(=O)c1ccc2c(c1)NC(N1CCNCC1)c1ccccc1S2. The van der Waals surface area contributed by atoms with E-state index in [0.717, 1.165) is 36.8 Å². The van der Waals surface area contributed by atoms with E-state index >= 15 is 0 Å². The van der Waals surface area contributed by atoms with Gasteiger partial charge in [-0.2, -0.15) is 0 Å². The number of benzene rings is 2. The van der Waals surface area contributed by atoms with Crippen molar-refractivity contribution in [2.24, 2.45) is 0 Å². The molecule has 1 unspecified atom stereocenters. The molecule has 0 spiro atoms. The molecule has 0 bridgehead atoms. The molecule has 0 saturated carbocycles. The number of hydrogen-bond acceptors (Lipinski definition) is 6. The Bertz CT molecular complexity index is 823. The average molecular weight is 385 g/mol. The first kappa shape index (κ1) is 18.3. The van der Waals surface area contributed by atoms with Crippen LogP contribution in [0, 0.1) is 0 Å². The molecule has 7 heteroatoms. The summed E-state index contributed by atoms with van der Waals surface area (Å²) in [5, 5.41) is 7.11. The summed E-state index contributed by atoms with van der Waals surface area (Å²) in [6, 6.07) is 14.3. The smallest absolute Gasteiger partial charge is 0.274 e. The highest BCUT2D eigenvalue weighted by atomic mass is 32.2. The number of rotatable bonds is 4. The number of amides is 1. The fraction of sp³-hybridized carbons (Fsp3) is 0.350. The van der Waals surface area contributed by atoms with Crippen molar-refractivity contribution in [1.82, 2.24) is 15.7 Å². The van der Waals surface area contributed by atoms with Crippen LogP contribution in [0.2, 0.25) is 0 Å². The van der Waals surface area contributed by atoms with Crippen LogP contribution in [-0.4, -0.2) is 43.6 Å². The van der Waals surface area contributed by atoms with Crippen LogP contribution >= 0.6 is 11.8 Å². The summed E-state index contributed by atoms with van der Waals surface area (Å²) in [7, 11) is 0. The zero-order chi connectivity index (χ0) is 18.6. The molecular weight excluding hydrogens is 360 g/mol. The molecule has 2 aromatic rings. The van der Waals surface area contributed by atoms with Gasteiger partial charge in [0.15, 0.2) is 0 Å². The minimum Gasteiger partial charge on any atom is -0.365 e. The molecular formula is C20H24N4O2S. The van der Waals surface area contributed by atoms with Crippen LogP contribution in [0.5, 0.6) is 0 Å². The van der Waals surface area contributed by atoms with Crippen LogP contribution in [0.1, 0.15) is 29.0 Å². The molecule has 3 N–H and O–H groups in total. The molecule has 4 rings (SSSR count). The summed E-state index contributed by atoms with van der Waals surface area (Å²) in [6.07, 6.45) is 0.0854. The molecule has 142 valence electrons. The second-order valence-corrected chi connectivity index (χ2v) is 7.63. The lowest BCUT2D eigenvalue weighted by molar-refractivity contribution is 0.0364. The molecule has 2 heterocycles. The topological polar surface area (TPSA) is 65.6 Å². The Balaban J connectivity index is 1.68. The normalized spacial score (nSPS) is 19.4. The number of hydrogen-bond donors (Lipinski definition) is 3. The molecule has 0 aromatic heterocycles. The predicted molar refractivity (Wildman–Crippen MR) is 107 cm³/mol. The lowest BCUT2D eigenvalue weighted by Crippen LogP contribution is -2.47. The van der Waals surface area contributed by atoms with Gasteiger partial charge < -0.3 is 10.6 Å². The summed E-state index contributed by atoms with van der Waals surface area (Å²) in [5.41, 5.74) is 5.31. The molecule has 2 aliphatic heterocycles. The minimum absolute atomic E-state index is 0.0854. The zero-order valence-electron chi connectivity index (χ0n) is 15.3. The zero-order valence-corrected chi connectivity index (χ0v) is 16.1. The highest BCUT2D eigenvalue weighted by Gasteiger charge is 2.28. The monoisotopic (exact) mass is 384 g/mol. The van der Waals surface area contributed by atoms with Gasteiger partial charge in [-0.15, -0.1) is 0 Å². The van der Waals surface area contributed by atoms with Crippen molar-refractivity contribution in [3.8, 4) is 0 Å². The lowest BCUT2D eigenvalue weighted by atomic mass is 10.1. The maximum atomic E-state index is 12.3. The number of carbonyl (C=O) groups excluding carboxylic acids is 1. The third kappa shape index (κ3) is 3.96. The van der Waals surface area contributed by atoms with Crippen LogP contribution in [0.4, 0.5) is 5.69 Å². The predicted octanol–water partition coefficient (Wildman–Crippen LogP) is 2.85. The van der Waals surface area contributed by atoms with Crippen molar-refractivity contribution in [2.45, 2.75) is 22.9 Å². The molecule has 1 fully saturated rings. The maximum absolute atomic E-state index is 12.3. The van der Waals surface area contributed by atoms with Crippen molar-refractivity contribution in [3.05, 3.63) is 53.6 Å². The molecule has 1 amide bonds. The Morgan fingerprint density at radius 1 is 1.22 bits per heavy atom. The molecule has 2 aliphatic rings. The summed E-state index contributed by atoms with van der Waals surface area (Å²) in [6.45, 7) is 6.21. The first-order valence-electron chi connectivity index (χ1n) is 9.30. The number of piperazine rings is 1. The van der Waals surface area contributed by atoms with Crippen molar-refractivity contribution in [1.29, 1.82) is 0 Å². The fourth-order valence-corrected chi connectivity index (χ4v) is 4.49. The van der Waals surface area contributed by atoms with E-state index in [1.807, 2.05) is 25.1 Å². The Morgan fingerprint density at radius 3 is 2.85 bits per heavy atom. The first-order chi connectivity index (χ1) is 13.3. The van der Waals surface area contributed by atoms with E-state index < -0.39 is 0 Å². The van der Waals surface area contributed by atoms with Crippen LogP contribution in [0.3, 0.4) is 0 Å². The van der Waals surface area contributed by atoms with E-state index in [1.54, 1.807) is 11.8 Å². The van der Waals surface area contributed by atoms with Crippen LogP contribution < -0.4 is 16.1 Å². The largest absolute Gasteiger partial charge is 0.365 e. The Kier molecular flexibility index (Phi) is 5.63. The summed E-state index contributed by atoms with van der Waals surface area (Å²) in [4.78, 5) is 22.2.